The van der Waals surface area contributed by atoms with Gasteiger partial charge in [-0.15, -0.1) is 0 Å². The fourth-order valence-electron chi connectivity index (χ4n) is 6.05. The van der Waals surface area contributed by atoms with E-state index >= 15 is 0 Å². The van der Waals surface area contributed by atoms with E-state index in [-0.39, 0.29) is 12.2 Å². The normalized spacial score (nSPS) is 36.6. The Balaban J connectivity index is 1.33. The van der Waals surface area contributed by atoms with Crippen molar-refractivity contribution in [2.75, 3.05) is 6.79 Å². The van der Waals surface area contributed by atoms with Gasteiger partial charge in [0.25, 0.3) is 0 Å². The number of hydrogen-bond acceptors (Lipinski definition) is 4. The zero-order valence-corrected chi connectivity index (χ0v) is 14.1. The highest BCUT2D eigenvalue weighted by Crippen LogP contribution is 2.60. The van der Waals surface area contributed by atoms with Gasteiger partial charge >= 0.3 is 0 Å². The van der Waals surface area contributed by atoms with Crippen molar-refractivity contribution in [1.82, 2.24) is 0 Å². The lowest BCUT2D eigenvalue weighted by molar-refractivity contribution is -0.150. The molecule has 0 saturated heterocycles. The molecule has 0 amide bonds. The second-order valence-electron chi connectivity index (χ2n) is 8.34. The third-order valence-corrected chi connectivity index (χ3v) is 6.59. The molecule has 0 N–H and O–H groups in total. The van der Waals surface area contributed by atoms with E-state index < -0.39 is 6.10 Å². The van der Waals surface area contributed by atoms with Crippen molar-refractivity contribution in [3.63, 3.8) is 0 Å². The molecule has 24 heavy (non-hydrogen) atoms. The van der Waals surface area contributed by atoms with Crippen molar-refractivity contribution in [3.05, 3.63) is 18.2 Å². The molecule has 4 aliphatic carbocycles. The molecule has 4 bridgehead atoms. The second-order valence-corrected chi connectivity index (χ2v) is 8.34. The topological polar surface area (TPSA) is 44.8 Å². The molecule has 6 rings (SSSR count). The lowest BCUT2D eigenvalue weighted by atomic mass is 9.48. The summed E-state index contributed by atoms with van der Waals surface area (Å²) in [6, 6.07) is 5.53. The third-order valence-electron chi connectivity index (χ3n) is 6.59. The van der Waals surface area contributed by atoms with Gasteiger partial charge in [-0.1, -0.05) is 0 Å². The van der Waals surface area contributed by atoms with Crippen LogP contribution in [0, 0.1) is 23.2 Å². The van der Waals surface area contributed by atoms with Crippen molar-refractivity contribution in [1.29, 1.82) is 0 Å². The predicted molar refractivity (Wildman–Crippen MR) is 88.3 cm³/mol. The first kappa shape index (κ1) is 14.6. The Morgan fingerprint density at radius 3 is 2.38 bits per heavy atom. The Kier molecular flexibility index (Phi) is 3.13. The quantitative estimate of drug-likeness (QED) is 0.839. The molecule has 0 spiro atoms. The van der Waals surface area contributed by atoms with Crippen molar-refractivity contribution in [2.24, 2.45) is 23.2 Å². The number of Topliss-reactive ketones (excluding diaryl/α,β-unsaturated/α-hetero) is 1. The summed E-state index contributed by atoms with van der Waals surface area (Å²) in [7, 11) is 0. The van der Waals surface area contributed by atoms with Gasteiger partial charge in [-0.05, 0) is 75.3 Å². The van der Waals surface area contributed by atoms with Crippen LogP contribution < -0.4 is 14.2 Å². The minimum absolute atomic E-state index is 0.107. The first-order valence-corrected chi connectivity index (χ1v) is 9.22. The summed E-state index contributed by atoms with van der Waals surface area (Å²) >= 11 is 0. The highest BCUT2D eigenvalue weighted by molar-refractivity contribution is 5.89. The van der Waals surface area contributed by atoms with Gasteiger partial charge in [0.05, 0.1) is 0 Å². The Labute approximate surface area is 142 Å². The average molecular weight is 328 g/mol. The van der Waals surface area contributed by atoms with Crippen molar-refractivity contribution < 1.29 is 19.0 Å². The minimum Gasteiger partial charge on any atom is -0.483 e. The van der Waals surface area contributed by atoms with Gasteiger partial charge in [0, 0.05) is 11.5 Å². The van der Waals surface area contributed by atoms with E-state index in [1.165, 1.54) is 19.3 Å². The van der Waals surface area contributed by atoms with Gasteiger partial charge in [-0.25, -0.2) is 0 Å². The van der Waals surface area contributed by atoms with Gasteiger partial charge in [-0.2, -0.15) is 0 Å². The molecule has 4 fully saturated rings. The maximum Gasteiger partial charge on any atom is 0.231 e. The van der Waals surface area contributed by atoms with Crippen LogP contribution in [0.4, 0.5) is 0 Å². The van der Waals surface area contributed by atoms with Crippen LogP contribution in [0.1, 0.15) is 45.4 Å². The molecule has 4 heteroatoms. The van der Waals surface area contributed by atoms with E-state index in [4.69, 9.17) is 14.2 Å². The summed E-state index contributed by atoms with van der Waals surface area (Å²) < 4.78 is 16.7. The molecule has 1 atom stereocenters. The zero-order chi connectivity index (χ0) is 16.3. The lowest BCUT2D eigenvalue weighted by Crippen LogP contribution is -2.53. The number of hydrogen-bond donors (Lipinski definition) is 0. The standard InChI is InChI=1S/C20H24O4/c1-12(24-16-2-3-17-18(7-16)23-11-22-17)19(21)20-8-13-4-14(9-20)6-15(5-13)10-20/h2-3,7,12-15H,4-6,8-11H2,1H3/t12-,13?,14?,15?,20?/m1/s1. The Morgan fingerprint density at radius 1 is 1.08 bits per heavy atom. The molecular weight excluding hydrogens is 304 g/mol. The summed E-state index contributed by atoms with van der Waals surface area (Å²) in [6.07, 6.45) is 6.92. The average Bonchev–Trinajstić information content (AvgIpc) is 3.00. The first-order valence-electron chi connectivity index (χ1n) is 9.22. The number of ketones is 1. The maximum absolute atomic E-state index is 13.3. The number of rotatable bonds is 4. The summed E-state index contributed by atoms with van der Waals surface area (Å²) in [5.74, 6) is 4.77. The van der Waals surface area contributed by atoms with Crippen LogP contribution in [0.15, 0.2) is 18.2 Å². The van der Waals surface area contributed by atoms with Crippen molar-refractivity contribution >= 4 is 5.78 Å². The van der Waals surface area contributed by atoms with Crippen LogP contribution in [-0.4, -0.2) is 18.7 Å². The van der Waals surface area contributed by atoms with Crippen LogP contribution in [-0.2, 0) is 4.79 Å². The van der Waals surface area contributed by atoms with Crippen molar-refractivity contribution in [3.8, 4) is 17.2 Å². The first-order chi connectivity index (χ1) is 11.6. The summed E-state index contributed by atoms with van der Waals surface area (Å²) in [5, 5.41) is 0. The van der Waals surface area contributed by atoms with E-state index in [0.717, 1.165) is 42.8 Å². The number of carbonyl (C=O) groups excluding carboxylic acids is 1. The fraction of sp³-hybridized carbons (Fsp3) is 0.650. The van der Waals surface area contributed by atoms with Gasteiger partial charge in [-0.3, -0.25) is 4.79 Å². The number of fused-ring (bicyclic) bond motifs is 1. The predicted octanol–water partition coefficient (Wildman–Crippen LogP) is 3.97. The molecular formula is C20H24O4. The zero-order valence-electron chi connectivity index (χ0n) is 14.1. The van der Waals surface area contributed by atoms with E-state index in [9.17, 15) is 4.79 Å². The van der Waals surface area contributed by atoms with Crippen LogP contribution in [0.2, 0.25) is 0 Å². The molecule has 128 valence electrons. The Bertz CT molecular complexity index is 645. The number of ether oxygens (including phenoxy) is 3. The van der Waals surface area contributed by atoms with E-state index in [1.54, 1.807) is 0 Å². The lowest BCUT2D eigenvalue weighted by Gasteiger charge is -2.56. The van der Waals surface area contributed by atoms with Gasteiger partial charge in [0.15, 0.2) is 23.4 Å². The monoisotopic (exact) mass is 328 g/mol. The van der Waals surface area contributed by atoms with Crippen LogP contribution in [0.3, 0.4) is 0 Å². The highest BCUT2D eigenvalue weighted by Gasteiger charge is 2.55. The summed E-state index contributed by atoms with van der Waals surface area (Å²) in [4.78, 5) is 13.3. The molecule has 0 aromatic heterocycles. The summed E-state index contributed by atoms with van der Waals surface area (Å²) in [5.41, 5.74) is -0.107. The maximum atomic E-state index is 13.3. The molecule has 1 aromatic carbocycles. The highest BCUT2D eigenvalue weighted by atomic mass is 16.7. The molecule has 0 radical (unpaired) electrons. The molecule has 5 aliphatic rings. The van der Waals surface area contributed by atoms with E-state index in [0.29, 0.717) is 17.3 Å². The molecule has 1 heterocycles. The third kappa shape index (κ3) is 2.22. The largest absolute Gasteiger partial charge is 0.483 e. The molecule has 1 aromatic rings. The number of carbonyl (C=O) groups is 1. The second kappa shape index (κ2) is 5.14. The number of benzene rings is 1. The minimum atomic E-state index is -0.401. The molecule has 4 nitrogen and oxygen atoms in total. The van der Waals surface area contributed by atoms with Gasteiger partial charge < -0.3 is 14.2 Å². The van der Waals surface area contributed by atoms with Crippen LogP contribution >= 0.6 is 0 Å². The fourth-order valence-corrected chi connectivity index (χ4v) is 6.05. The molecule has 0 unspecified atom stereocenters. The SMILES string of the molecule is C[C@@H](Oc1ccc2c(c1)OCO2)C(=O)C12CC3CC(CC(C3)C1)C2. The van der Waals surface area contributed by atoms with Crippen LogP contribution in [0.25, 0.3) is 0 Å². The molecule has 1 aliphatic heterocycles. The Morgan fingerprint density at radius 2 is 1.71 bits per heavy atom. The van der Waals surface area contributed by atoms with Crippen LogP contribution in [0.5, 0.6) is 17.2 Å². The van der Waals surface area contributed by atoms with Gasteiger partial charge in [0.1, 0.15) is 5.75 Å². The smallest absolute Gasteiger partial charge is 0.231 e. The Hall–Kier alpha value is -1.71. The summed E-state index contributed by atoms with van der Waals surface area (Å²) in [6.45, 7) is 2.16. The van der Waals surface area contributed by atoms with E-state index in [1.807, 2.05) is 25.1 Å². The van der Waals surface area contributed by atoms with Crippen molar-refractivity contribution in [2.45, 2.75) is 51.6 Å². The van der Waals surface area contributed by atoms with Gasteiger partial charge in [0.2, 0.25) is 6.79 Å². The molecule has 4 saturated carbocycles. The van der Waals surface area contributed by atoms with E-state index in [2.05, 4.69) is 0 Å².